The number of allylic oxidation sites excluding steroid dienone is 2. The molecule has 1 rings (SSSR count). The Balaban J connectivity index is 2.59. The smallest absolute Gasteiger partial charge is 0.306 e. The van der Waals surface area contributed by atoms with Gasteiger partial charge in [-0.05, 0) is 32.1 Å². The van der Waals surface area contributed by atoms with E-state index in [-0.39, 0.29) is 19.4 Å². The number of esters is 2. The lowest BCUT2D eigenvalue weighted by atomic mass is 10.00. The van der Waals surface area contributed by atoms with E-state index in [4.69, 9.17) is 23.5 Å². The van der Waals surface area contributed by atoms with Crippen LogP contribution in [0.5, 0.6) is 0 Å². The molecule has 46 heavy (non-hydrogen) atoms. The summed E-state index contributed by atoms with van der Waals surface area (Å²) >= 11 is 0. The zero-order valence-corrected chi connectivity index (χ0v) is 28.7. The molecule has 0 aromatic heterocycles. The van der Waals surface area contributed by atoms with Gasteiger partial charge in [0.15, 0.2) is 12.4 Å². The molecule has 4 N–H and O–H groups in total. The highest BCUT2D eigenvalue weighted by atomic mass is 32.2. The molecule has 1 aliphatic heterocycles. The summed E-state index contributed by atoms with van der Waals surface area (Å²) in [5, 5.41) is 30.6. The molecule has 270 valence electrons. The fourth-order valence-corrected chi connectivity index (χ4v) is 5.76. The van der Waals surface area contributed by atoms with Gasteiger partial charge in [-0.2, -0.15) is 8.42 Å². The Kier molecular flexibility index (Phi) is 23.4. The Labute approximate surface area is 276 Å². The molecular weight excluding hydrogens is 620 g/mol. The van der Waals surface area contributed by atoms with E-state index in [0.29, 0.717) is 12.8 Å². The quantitative estimate of drug-likeness (QED) is 0.0404. The van der Waals surface area contributed by atoms with Crippen LogP contribution in [-0.4, -0.2) is 96.0 Å². The fourth-order valence-electron chi connectivity index (χ4n) is 5.07. The molecule has 1 heterocycles. The van der Waals surface area contributed by atoms with Crippen LogP contribution in [0.3, 0.4) is 0 Å². The first-order valence-electron chi connectivity index (χ1n) is 17.2. The predicted octanol–water partition coefficient (Wildman–Crippen LogP) is 4.77. The predicted molar refractivity (Wildman–Crippen MR) is 173 cm³/mol. The molecule has 0 amide bonds. The van der Waals surface area contributed by atoms with E-state index < -0.39 is 71.2 Å². The first kappa shape index (κ1) is 42.4. The number of carbonyl (C=O) groups is 2. The van der Waals surface area contributed by atoms with Gasteiger partial charge in [0.05, 0.1) is 6.61 Å². The molecule has 1 saturated heterocycles. The molecule has 0 aromatic carbocycles. The molecule has 0 aromatic rings. The molecule has 2 unspecified atom stereocenters. The van der Waals surface area contributed by atoms with Gasteiger partial charge < -0.3 is 34.3 Å². The summed E-state index contributed by atoms with van der Waals surface area (Å²) in [5.74, 6) is -2.00. The van der Waals surface area contributed by atoms with E-state index in [9.17, 15) is 33.3 Å². The minimum absolute atomic E-state index is 0.156. The Hall–Kier alpha value is -1.61. The first-order chi connectivity index (χ1) is 22.0. The van der Waals surface area contributed by atoms with Crippen molar-refractivity contribution in [2.45, 2.75) is 166 Å². The van der Waals surface area contributed by atoms with Crippen LogP contribution in [0.4, 0.5) is 0 Å². The molecule has 6 atom stereocenters. The SMILES string of the molecule is CCCC/C=C/CCCCCCCC(=O)O[C@H](COC(=O)CCCCCCCCC)CO[C@H]1O[C@H](CS(=O)(=O)O)[C@@H](O)C(O)C1O. The van der Waals surface area contributed by atoms with Gasteiger partial charge in [-0.25, -0.2) is 0 Å². The molecule has 0 radical (unpaired) electrons. The number of unbranched alkanes of at least 4 members (excludes halogenated alkanes) is 13. The van der Waals surface area contributed by atoms with Crippen molar-refractivity contribution in [2.24, 2.45) is 0 Å². The molecule has 0 bridgehead atoms. The van der Waals surface area contributed by atoms with Gasteiger partial charge in [-0.15, -0.1) is 0 Å². The topological polar surface area (TPSA) is 186 Å². The number of carbonyl (C=O) groups excluding carboxylic acids is 2. The van der Waals surface area contributed by atoms with Crippen LogP contribution in [0.1, 0.15) is 129 Å². The van der Waals surface area contributed by atoms with E-state index in [1.54, 1.807) is 0 Å². The molecule has 1 fully saturated rings. The lowest BCUT2D eigenvalue weighted by Crippen LogP contribution is -2.60. The minimum Gasteiger partial charge on any atom is -0.462 e. The van der Waals surface area contributed by atoms with Gasteiger partial charge in [-0.3, -0.25) is 14.1 Å². The first-order valence-corrected chi connectivity index (χ1v) is 18.9. The maximum atomic E-state index is 12.6. The highest BCUT2D eigenvalue weighted by Crippen LogP contribution is 2.24. The second-order valence-electron chi connectivity index (χ2n) is 12.2. The molecular formula is C33H60O12S. The van der Waals surface area contributed by atoms with E-state index >= 15 is 0 Å². The summed E-state index contributed by atoms with van der Waals surface area (Å²) in [7, 11) is -4.59. The van der Waals surface area contributed by atoms with Crippen molar-refractivity contribution in [1.29, 1.82) is 0 Å². The second-order valence-corrected chi connectivity index (χ2v) is 13.7. The van der Waals surface area contributed by atoms with Gasteiger partial charge in [-0.1, -0.05) is 96.6 Å². The number of aliphatic hydroxyl groups excluding tert-OH is 3. The van der Waals surface area contributed by atoms with Gasteiger partial charge >= 0.3 is 11.9 Å². The number of aliphatic hydroxyl groups is 3. The molecule has 13 heteroatoms. The summed E-state index contributed by atoms with van der Waals surface area (Å²) in [6.07, 6.45) is 11.7. The molecule has 0 saturated carbocycles. The van der Waals surface area contributed by atoms with Crippen molar-refractivity contribution in [3.05, 3.63) is 12.2 Å². The molecule has 1 aliphatic rings. The van der Waals surface area contributed by atoms with Crippen molar-refractivity contribution in [3.63, 3.8) is 0 Å². The standard InChI is InChI=1S/C33H60O12S/c1-3-5-7-9-11-12-13-14-16-18-20-22-29(35)44-26(23-42-28(34)21-19-17-15-10-8-6-4-2)24-43-33-32(38)31(37)30(36)27(45-33)25-46(39,40)41/h9,11,26-27,30-33,36-38H,3-8,10,12-25H2,1-2H3,(H,39,40,41)/b11-9+/t26-,27-,30-,31?,32?,33+/m1/s1. The average Bonchev–Trinajstić information content (AvgIpc) is 3.00. The Morgan fingerprint density at radius 1 is 0.717 bits per heavy atom. The number of rotatable bonds is 27. The van der Waals surface area contributed by atoms with E-state index in [1.165, 1.54) is 32.1 Å². The van der Waals surface area contributed by atoms with Crippen LogP contribution in [0.25, 0.3) is 0 Å². The highest BCUT2D eigenvalue weighted by molar-refractivity contribution is 7.85. The Bertz CT molecular complexity index is 941. The highest BCUT2D eigenvalue weighted by Gasteiger charge is 2.46. The Morgan fingerprint density at radius 3 is 1.87 bits per heavy atom. The lowest BCUT2D eigenvalue weighted by Gasteiger charge is -2.40. The summed E-state index contributed by atoms with van der Waals surface area (Å²) in [4.78, 5) is 25.0. The summed E-state index contributed by atoms with van der Waals surface area (Å²) < 4.78 is 53.5. The van der Waals surface area contributed by atoms with Gasteiger partial charge in [0.1, 0.15) is 36.8 Å². The second kappa shape index (κ2) is 25.4. The van der Waals surface area contributed by atoms with Crippen LogP contribution >= 0.6 is 0 Å². The van der Waals surface area contributed by atoms with Crippen LogP contribution in [-0.2, 0) is 38.7 Å². The van der Waals surface area contributed by atoms with Crippen molar-refractivity contribution >= 4 is 22.1 Å². The van der Waals surface area contributed by atoms with Crippen LogP contribution in [0.15, 0.2) is 12.2 Å². The average molecular weight is 681 g/mol. The minimum atomic E-state index is -4.59. The Morgan fingerprint density at radius 2 is 1.26 bits per heavy atom. The third-order valence-electron chi connectivity index (χ3n) is 7.85. The third kappa shape index (κ3) is 20.6. The zero-order chi connectivity index (χ0) is 34.2. The normalized spacial score (nSPS) is 22.6. The van der Waals surface area contributed by atoms with Gasteiger partial charge in [0, 0.05) is 12.8 Å². The maximum Gasteiger partial charge on any atom is 0.306 e. The van der Waals surface area contributed by atoms with Crippen molar-refractivity contribution in [2.75, 3.05) is 19.0 Å². The summed E-state index contributed by atoms with van der Waals surface area (Å²) in [6, 6.07) is 0. The monoisotopic (exact) mass is 680 g/mol. The molecule has 12 nitrogen and oxygen atoms in total. The van der Waals surface area contributed by atoms with Crippen molar-refractivity contribution in [3.8, 4) is 0 Å². The van der Waals surface area contributed by atoms with E-state index in [2.05, 4.69) is 26.0 Å². The number of hydrogen-bond donors (Lipinski definition) is 4. The number of hydrogen-bond acceptors (Lipinski definition) is 11. The largest absolute Gasteiger partial charge is 0.462 e. The van der Waals surface area contributed by atoms with Crippen LogP contribution in [0.2, 0.25) is 0 Å². The van der Waals surface area contributed by atoms with Gasteiger partial charge in [0.2, 0.25) is 0 Å². The van der Waals surface area contributed by atoms with Crippen LogP contribution < -0.4 is 0 Å². The van der Waals surface area contributed by atoms with E-state index in [0.717, 1.165) is 57.8 Å². The lowest BCUT2D eigenvalue weighted by molar-refractivity contribution is -0.297. The molecule has 0 aliphatic carbocycles. The van der Waals surface area contributed by atoms with Crippen LogP contribution in [0, 0.1) is 0 Å². The maximum absolute atomic E-state index is 12.6. The van der Waals surface area contributed by atoms with E-state index in [1.807, 2.05) is 0 Å². The summed E-state index contributed by atoms with van der Waals surface area (Å²) in [6.45, 7) is 3.61. The van der Waals surface area contributed by atoms with Crippen molar-refractivity contribution < 1.29 is 56.8 Å². The van der Waals surface area contributed by atoms with Gasteiger partial charge in [0.25, 0.3) is 10.1 Å². The number of ether oxygens (including phenoxy) is 4. The molecule has 0 spiro atoms. The fraction of sp³-hybridized carbons (Fsp3) is 0.879. The third-order valence-corrected chi connectivity index (χ3v) is 8.60. The van der Waals surface area contributed by atoms with Crippen molar-refractivity contribution in [1.82, 2.24) is 0 Å². The zero-order valence-electron chi connectivity index (χ0n) is 27.9. The summed E-state index contributed by atoms with van der Waals surface area (Å²) in [5.41, 5.74) is 0.